The minimum absolute atomic E-state index is 0.363. The summed E-state index contributed by atoms with van der Waals surface area (Å²) < 4.78 is 5.73. The predicted molar refractivity (Wildman–Crippen MR) is 54.2 cm³/mol. The Morgan fingerprint density at radius 1 is 1.17 bits per heavy atom. The van der Waals surface area contributed by atoms with Crippen LogP contribution in [0.25, 0.3) is 0 Å². The molecule has 0 rings (SSSR count). The Labute approximate surface area is 76.8 Å². The van der Waals surface area contributed by atoms with E-state index in [1.165, 1.54) is 0 Å². The summed E-state index contributed by atoms with van der Waals surface area (Å²) in [6.45, 7) is 15.3. The van der Waals surface area contributed by atoms with Crippen LogP contribution in [-0.2, 0) is 4.74 Å². The first-order valence-corrected chi connectivity index (χ1v) is 4.71. The van der Waals surface area contributed by atoms with Crippen LogP contribution in [0.15, 0.2) is 12.2 Å². The van der Waals surface area contributed by atoms with E-state index in [1.54, 1.807) is 0 Å². The molecule has 0 radical (unpaired) electrons. The van der Waals surface area contributed by atoms with Gasteiger partial charge in [0.25, 0.3) is 0 Å². The molecule has 0 aliphatic heterocycles. The highest BCUT2D eigenvalue weighted by Crippen LogP contribution is 2.16. The van der Waals surface area contributed by atoms with Crippen LogP contribution in [0.3, 0.4) is 0 Å². The standard InChI is InChI=1S/C11H22O/c1-8(2)7-12-11(9(3)4)10(5)6/h9-11H,1,7H2,2-6H3. The number of hydrogen-bond donors (Lipinski definition) is 0. The van der Waals surface area contributed by atoms with Gasteiger partial charge in [-0.3, -0.25) is 0 Å². The topological polar surface area (TPSA) is 9.23 Å². The predicted octanol–water partition coefficient (Wildman–Crippen LogP) is 3.26. The summed E-state index contributed by atoms with van der Waals surface area (Å²) >= 11 is 0. The van der Waals surface area contributed by atoms with Gasteiger partial charge in [0.05, 0.1) is 12.7 Å². The Bertz CT molecular complexity index is 128. The van der Waals surface area contributed by atoms with Crippen LogP contribution in [0.5, 0.6) is 0 Å². The van der Waals surface area contributed by atoms with Gasteiger partial charge in [0.2, 0.25) is 0 Å². The fourth-order valence-corrected chi connectivity index (χ4v) is 1.39. The molecule has 0 atom stereocenters. The van der Waals surface area contributed by atoms with Crippen LogP contribution in [-0.4, -0.2) is 12.7 Å². The molecule has 0 N–H and O–H groups in total. The Balaban J connectivity index is 3.88. The molecule has 0 fully saturated rings. The van der Waals surface area contributed by atoms with E-state index >= 15 is 0 Å². The SMILES string of the molecule is C=C(C)COC(C(C)C)C(C)C. The summed E-state index contributed by atoms with van der Waals surface area (Å²) in [6.07, 6.45) is 0.363. The number of ether oxygens (including phenoxy) is 1. The van der Waals surface area contributed by atoms with Crippen molar-refractivity contribution in [2.75, 3.05) is 6.61 Å². The third kappa shape index (κ3) is 4.55. The molecule has 0 aromatic heterocycles. The lowest BCUT2D eigenvalue weighted by molar-refractivity contribution is 0.00455. The Hall–Kier alpha value is -0.300. The minimum Gasteiger partial charge on any atom is -0.373 e. The maximum Gasteiger partial charge on any atom is 0.0675 e. The normalized spacial score (nSPS) is 11.7. The Morgan fingerprint density at radius 3 is 1.83 bits per heavy atom. The average molecular weight is 170 g/mol. The van der Waals surface area contributed by atoms with E-state index in [0.717, 1.165) is 5.57 Å². The largest absolute Gasteiger partial charge is 0.373 e. The number of hydrogen-bond acceptors (Lipinski definition) is 1. The summed E-state index contributed by atoms with van der Waals surface area (Å²) in [4.78, 5) is 0. The van der Waals surface area contributed by atoms with Crippen LogP contribution >= 0.6 is 0 Å². The number of rotatable bonds is 5. The minimum atomic E-state index is 0.363. The van der Waals surface area contributed by atoms with Crippen LogP contribution in [0.2, 0.25) is 0 Å². The van der Waals surface area contributed by atoms with Crippen molar-refractivity contribution < 1.29 is 4.74 Å². The lowest BCUT2D eigenvalue weighted by Crippen LogP contribution is -2.26. The van der Waals surface area contributed by atoms with Crippen molar-refractivity contribution in [1.82, 2.24) is 0 Å². The van der Waals surface area contributed by atoms with Crippen molar-refractivity contribution in [3.63, 3.8) is 0 Å². The van der Waals surface area contributed by atoms with Crippen molar-refractivity contribution >= 4 is 0 Å². The molecule has 1 heteroatoms. The van der Waals surface area contributed by atoms with Crippen LogP contribution in [0.1, 0.15) is 34.6 Å². The molecule has 0 heterocycles. The molecular weight excluding hydrogens is 148 g/mol. The van der Waals surface area contributed by atoms with Crippen molar-refractivity contribution in [1.29, 1.82) is 0 Å². The Kier molecular flexibility index (Phi) is 5.23. The van der Waals surface area contributed by atoms with Gasteiger partial charge < -0.3 is 4.74 Å². The summed E-state index contributed by atoms with van der Waals surface area (Å²) in [5.74, 6) is 1.17. The molecule has 72 valence electrons. The van der Waals surface area contributed by atoms with Crippen molar-refractivity contribution in [2.45, 2.75) is 40.7 Å². The Morgan fingerprint density at radius 2 is 1.58 bits per heavy atom. The third-order valence-electron chi connectivity index (χ3n) is 1.84. The van der Waals surface area contributed by atoms with Crippen LogP contribution < -0.4 is 0 Å². The van der Waals surface area contributed by atoms with E-state index in [-0.39, 0.29) is 0 Å². The van der Waals surface area contributed by atoms with Gasteiger partial charge in [-0.15, -0.1) is 0 Å². The van der Waals surface area contributed by atoms with E-state index in [4.69, 9.17) is 4.74 Å². The van der Waals surface area contributed by atoms with Gasteiger partial charge in [-0.2, -0.15) is 0 Å². The highest BCUT2D eigenvalue weighted by molar-refractivity contribution is 4.88. The molecule has 0 unspecified atom stereocenters. The second-order valence-electron chi connectivity index (χ2n) is 4.22. The van der Waals surface area contributed by atoms with Gasteiger partial charge in [-0.1, -0.05) is 39.8 Å². The van der Waals surface area contributed by atoms with Gasteiger partial charge in [-0.25, -0.2) is 0 Å². The lowest BCUT2D eigenvalue weighted by Gasteiger charge is -2.25. The molecular formula is C11H22O. The van der Waals surface area contributed by atoms with E-state index in [2.05, 4.69) is 34.3 Å². The first-order valence-electron chi connectivity index (χ1n) is 4.71. The third-order valence-corrected chi connectivity index (χ3v) is 1.84. The van der Waals surface area contributed by atoms with E-state index in [1.807, 2.05) is 6.92 Å². The van der Waals surface area contributed by atoms with Gasteiger partial charge in [0.15, 0.2) is 0 Å². The van der Waals surface area contributed by atoms with Crippen molar-refractivity contribution in [2.24, 2.45) is 11.8 Å². The first-order chi connectivity index (χ1) is 5.45. The molecule has 1 nitrogen and oxygen atoms in total. The van der Waals surface area contributed by atoms with Gasteiger partial charge in [0, 0.05) is 0 Å². The molecule has 0 aromatic rings. The zero-order valence-electron chi connectivity index (χ0n) is 9.05. The maximum absolute atomic E-state index is 5.73. The molecule has 12 heavy (non-hydrogen) atoms. The zero-order valence-corrected chi connectivity index (χ0v) is 9.05. The fraction of sp³-hybridized carbons (Fsp3) is 0.818. The molecule has 0 aliphatic rings. The van der Waals surface area contributed by atoms with Gasteiger partial charge in [-0.05, 0) is 18.8 Å². The van der Waals surface area contributed by atoms with Crippen molar-refractivity contribution in [3.8, 4) is 0 Å². The second kappa shape index (κ2) is 5.36. The summed E-state index contributed by atoms with van der Waals surface area (Å²) in [7, 11) is 0. The highest BCUT2D eigenvalue weighted by Gasteiger charge is 2.17. The van der Waals surface area contributed by atoms with Crippen LogP contribution in [0.4, 0.5) is 0 Å². The summed E-state index contributed by atoms with van der Waals surface area (Å²) in [5, 5.41) is 0. The van der Waals surface area contributed by atoms with Gasteiger partial charge >= 0.3 is 0 Å². The highest BCUT2D eigenvalue weighted by atomic mass is 16.5. The molecule has 0 spiro atoms. The molecule has 0 bridgehead atoms. The zero-order chi connectivity index (χ0) is 9.72. The summed E-state index contributed by atoms with van der Waals surface area (Å²) in [6, 6.07) is 0. The van der Waals surface area contributed by atoms with E-state index < -0.39 is 0 Å². The molecule has 0 saturated carbocycles. The first kappa shape index (κ1) is 11.7. The quantitative estimate of drug-likeness (QED) is 0.575. The maximum atomic E-state index is 5.73. The molecule has 0 aliphatic carbocycles. The lowest BCUT2D eigenvalue weighted by atomic mass is 9.96. The summed E-state index contributed by atoms with van der Waals surface area (Å²) in [5.41, 5.74) is 1.10. The van der Waals surface area contributed by atoms with Gasteiger partial charge in [0.1, 0.15) is 0 Å². The van der Waals surface area contributed by atoms with Crippen LogP contribution in [0, 0.1) is 11.8 Å². The van der Waals surface area contributed by atoms with E-state index in [9.17, 15) is 0 Å². The van der Waals surface area contributed by atoms with Crippen molar-refractivity contribution in [3.05, 3.63) is 12.2 Å². The molecule has 0 aromatic carbocycles. The molecule has 0 amide bonds. The van der Waals surface area contributed by atoms with E-state index in [0.29, 0.717) is 24.5 Å². The smallest absolute Gasteiger partial charge is 0.0675 e. The fourth-order valence-electron chi connectivity index (χ4n) is 1.39. The second-order valence-corrected chi connectivity index (χ2v) is 4.22. The molecule has 0 saturated heterocycles. The monoisotopic (exact) mass is 170 g/mol. The average Bonchev–Trinajstić information content (AvgIpc) is 1.84.